The lowest BCUT2D eigenvalue weighted by Gasteiger charge is -2.18. The molecule has 1 aliphatic rings. The minimum atomic E-state index is -0.313. The number of carbonyl (C=O) groups excluding carboxylic acids is 1. The zero-order valence-electron chi connectivity index (χ0n) is 13.1. The van der Waals surface area contributed by atoms with Crippen LogP contribution in [0.25, 0.3) is 11.1 Å². The van der Waals surface area contributed by atoms with Crippen LogP contribution in [-0.2, 0) is 4.79 Å². The molecule has 0 aliphatic carbocycles. The predicted molar refractivity (Wildman–Crippen MR) is 93.5 cm³/mol. The number of hydrogen-bond acceptors (Lipinski definition) is 4. The molecule has 0 saturated carbocycles. The predicted octanol–water partition coefficient (Wildman–Crippen LogP) is 3.96. The number of benzene rings is 2. The van der Waals surface area contributed by atoms with Gasteiger partial charge in [0.05, 0.1) is 5.69 Å². The molecule has 6 heteroatoms. The van der Waals surface area contributed by atoms with Crippen molar-refractivity contribution in [3.05, 3.63) is 66.6 Å². The van der Waals surface area contributed by atoms with Crippen LogP contribution in [0.5, 0.6) is 5.75 Å². The van der Waals surface area contributed by atoms with E-state index in [9.17, 15) is 9.18 Å². The van der Waals surface area contributed by atoms with Gasteiger partial charge in [-0.3, -0.25) is 4.79 Å². The molecule has 4 rings (SSSR count). The van der Waals surface area contributed by atoms with Crippen molar-refractivity contribution in [3.8, 4) is 16.9 Å². The monoisotopic (exact) mass is 335 g/mol. The molecule has 25 heavy (non-hydrogen) atoms. The van der Waals surface area contributed by atoms with Gasteiger partial charge in [0.15, 0.2) is 6.61 Å². The molecule has 0 saturated heterocycles. The van der Waals surface area contributed by atoms with Gasteiger partial charge in [-0.15, -0.1) is 0 Å². The van der Waals surface area contributed by atoms with Gasteiger partial charge in [-0.2, -0.15) is 0 Å². The maximum Gasteiger partial charge on any atom is 0.262 e. The Morgan fingerprint density at radius 1 is 1.08 bits per heavy atom. The molecule has 2 heterocycles. The summed E-state index contributed by atoms with van der Waals surface area (Å²) in [7, 11) is 0. The number of aromatic nitrogens is 1. The van der Waals surface area contributed by atoms with Crippen molar-refractivity contribution in [2.75, 3.05) is 17.2 Å². The molecule has 0 bridgehead atoms. The lowest BCUT2D eigenvalue weighted by atomic mass is 10.1. The van der Waals surface area contributed by atoms with E-state index in [1.165, 1.54) is 12.1 Å². The summed E-state index contributed by atoms with van der Waals surface area (Å²) in [5.41, 5.74) is 3.09. The second kappa shape index (κ2) is 6.24. The third kappa shape index (κ3) is 3.28. The smallest absolute Gasteiger partial charge is 0.262 e. The summed E-state index contributed by atoms with van der Waals surface area (Å²) < 4.78 is 18.7. The fourth-order valence-corrected chi connectivity index (χ4v) is 2.66. The largest absolute Gasteiger partial charge is 0.482 e. The van der Waals surface area contributed by atoms with E-state index in [1.54, 1.807) is 18.3 Å². The summed E-state index contributed by atoms with van der Waals surface area (Å²) in [6.45, 7) is 0.0311. The molecule has 124 valence electrons. The Morgan fingerprint density at radius 3 is 2.84 bits per heavy atom. The Morgan fingerprint density at radius 2 is 1.96 bits per heavy atom. The van der Waals surface area contributed by atoms with Crippen molar-refractivity contribution in [1.82, 2.24) is 4.98 Å². The van der Waals surface area contributed by atoms with E-state index in [1.807, 2.05) is 30.3 Å². The standard InChI is InChI=1S/C19H14FN3O2/c20-14-2-1-3-15(10-14)22-18-9-13(6-7-21-18)12-4-5-17-16(8-12)23-19(24)11-25-17/h1-10H,11H2,(H,21,22)(H,23,24). The molecule has 0 unspecified atom stereocenters. The first-order chi connectivity index (χ1) is 12.2. The molecule has 5 nitrogen and oxygen atoms in total. The number of pyridine rings is 1. The van der Waals surface area contributed by atoms with Gasteiger partial charge < -0.3 is 15.4 Å². The number of carbonyl (C=O) groups is 1. The molecule has 2 N–H and O–H groups in total. The van der Waals surface area contributed by atoms with E-state index in [2.05, 4.69) is 15.6 Å². The van der Waals surface area contributed by atoms with Crippen LogP contribution in [0.2, 0.25) is 0 Å². The zero-order chi connectivity index (χ0) is 17.2. The van der Waals surface area contributed by atoms with Crippen LogP contribution in [0.1, 0.15) is 0 Å². The van der Waals surface area contributed by atoms with E-state index in [-0.39, 0.29) is 18.3 Å². The van der Waals surface area contributed by atoms with Gasteiger partial charge in [0.1, 0.15) is 17.4 Å². The first-order valence-electron chi connectivity index (χ1n) is 7.73. The van der Waals surface area contributed by atoms with Gasteiger partial charge in [0, 0.05) is 11.9 Å². The normalized spacial score (nSPS) is 12.8. The van der Waals surface area contributed by atoms with Crippen LogP contribution >= 0.6 is 0 Å². The Labute approximate surface area is 143 Å². The van der Waals surface area contributed by atoms with E-state index in [4.69, 9.17) is 4.74 Å². The number of fused-ring (bicyclic) bond motifs is 1. The number of amides is 1. The summed E-state index contributed by atoms with van der Waals surface area (Å²) >= 11 is 0. The quantitative estimate of drug-likeness (QED) is 0.760. The summed E-state index contributed by atoms with van der Waals surface area (Å²) in [5.74, 6) is 0.760. The molecule has 0 fully saturated rings. The van der Waals surface area contributed by atoms with Gasteiger partial charge in [-0.05, 0) is 53.6 Å². The van der Waals surface area contributed by atoms with Crippen LogP contribution in [0.4, 0.5) is 21.6 Å². The molecule has 1 aromatic heterocycles. The number of hydrogen-bond donors (Lipinski definition) is 2. The summed E-state index contributed by atoms with van der Waals surface area (Å²) in [6.07, 6.45) is 1.67. The second-order valence-electron chi connectivity index (χ2n) is 5.61. The number of nitrogens with zero attached hydrogens (tertiary/aromatic N) is 1. The number of nitrogens with one attached hydrogen (secondary N) is 2. The fraction of sp³-hybridized carbons (Fsp3) is 0.0526. The SMILES string of the molecule is O=C1COc2ccc(-c3ccnc(Nc4cccc(F)c4)c3)cc2N1. The lowest BCUT2D eigenvalue weighted by Crippen LogP contribution is -2.25. The maximum atomic E-state index is 13.3. The van der Waals surface area contributed by atoms with E-state index >= 15 is 0 Å². The van der Waals surface area contributed by atoms with Crippen LogP contribution in [0, 0.1) is 5.82 Å². The molecule has 3 aromatic rings. The summed E-state index contributed by atoms with van der Waals surface area (Å²) in [4.78, 5) is 15.7. The third-order valence-corrected chi connectivity index (χ3v) is 3.80. The van der Waals surface area contributed by atoms with Crippen molar-refractivity contribution in [3.63, 3.8) is 0 Å². The van der Waals surface area contributed by atoms with Gasteiger partial charge >= 0.3 is 0 Å². The van der Waals surface area contributed by atoms with Crippen LogP contribution in [0.3, 0.4) is 0 Å². The Bertz CT molecular complexity index is 959. The van der Waals surface area contributed by atoms with Crippen molar-refractivity contribution in [2.24, 2.45) is 0 Å². The van der Waals surface area contributed by atoms with Crippen molar-refractivity contribution >= 4 is 23.1 Å². The molecule has 0 atom stereocenters. The van der Waals surface area contributed by atoms with Gasteiger partial charge in [0.25, 0.3) is 5.91 Å². The highest BCUT2D eigenvalue weighted by Crippen LogP contribution is 2.33. The molecular weight excluding hydrogens is 321 g/mol. The van der Waals surface area contributed by atoms with Crippen molar-refractivity contribution < 1.29 is 13.9 Å². The van der Waals surface area contributed by atoms with Gasteiger partial charge in [-0.25, -0.2) is 9.37 Å². The van der Waals surface area contributed by atoms with Gasteiger partial charge in [0.2, 0.25) is 0 Å². The summed E-state index contributed by atoms with van der Waals surface area (Å²) in [5, 5.41) is 5.87. The van der Waals surface area contributed by atoms with Gasteiger partial charge in [-0.1, -0.05) is 12.1 Å². The lowest BCUT2D eigenvalue weighted by molar-refractivity contribution is -0.118. The third-order valence-electron chi connectivity index (χ3n) is 3.80. The van der Waals surface area contributed by atoms with Crippen molar-refractivity contribution in [2.45, 2.75) is 0 Å². The Hall–Kier alpha value is -3.41. The first kappa shape index (κ1) is 15.1. The second-order valence-corrected chi connectivity index (χ2v) is 5.61. The number of ether oxygens (including phenoxy) is 1. The average molecular weight is 335 g/mol. The molecule has 0 spiro atoms. The highest BCUT2D eigenvalue weighted by Gasteiger charge is 2.16. The van der Waals surface area contributed by atoms with Crippen LogP contribution in [-0.4, -0.2) is 17.5 Å². The maximum absolute atomic E-state index is 13.3. The average Bonchev–Trinajstić information content (AvgIpc) is 2.61. The molecule has 2 aromatic carbocycles. The molecular formula is C19H14FN3O2. The minimum Gasteiger partial charge on any atom is -0.482 e. The first-order valence-corrected chi connectivity index (χ1v) is 7.73. The highest BCUT2D eigenvalue weighted by atomic mass is 19.1. The molecule has 0 radical (unpaired) electrons. The van der Waals surface area contributed by atoms with Crippen LogP contribution in [0.15, 0.2) is 60.8 Å². The fourth-order valence-electron chi connectivity index (χ4n) is 2.66. The molecule has 1 amide bonds. The number of halogens is 1. The van der Waals surface area contributed by atoms with E-state index in [0.29, 0.717) is 22.9 Å². The zero-order valence-corrected chi connectivity index (χ0v) is 13.1. The number of anilines is 3. The van der Waals surface area contributed by atoms with E-state index in [0.717, 1.165) is 11.1 Å². The Balaban J connectivity index is 1.63. The highest BCUT2D eigenvalue weighted by molar-refractivity contribution is 5.96. The Kier molecular flexibility index (Phi) is 3.78. The van der Waals surface area contributed by atoms with Crippen molar-refractivity contribution in [1.29, 1.82) is 0 Å². The topological polar surface area (TPSA) is 63.2 Å². The molecule has 1 aliphatic heterocycles. The van der Waals surface area contributed by atoms with Crippen LogP contribution < -0.4 is 15.4 Å². The minimum absolute atomic E-state index is 0.0311. The van der Waals surface area contributed by atoms with E-state index < -0.39 is 0 Å². The number of rotatable bonds is 3. The summed E-state index contributed by atoms with van der Waals surface area (Å²) in [6, 6.07) is 15.5.